The zero-order valence-corrected chi connectivity index (χ0v) is 14.7. The molecule has 2 amide bonds. The maximum absolute atomic E-state index is 13.1. The van der Waals surface area contributed by atoms with E-state index in [-0.39, 0.29) is 24.1 Å². The van der Waals surface area contributed by atoms with Crippen molar-refractivity contribution in [2.75, 3.05) is 13.1 Å². The van der Waals surface area contributed by atoms with Crippen LogP contribution in [0.2, 0.25) is 0 Å². The Morgan fingerprint density at radius 1 is 0.962 bits per heavy atom. The third-order valence-corrected chi connectivity index (χ3v) is 4.59. The molecule has 1 aliphatic heterocycles. The quantitative estimate of drug-likeness (QED) is 0.896. The molecule has 0 bridgehead atoms. The zero-order valence-electron chi connectivity index (χ0n) is 14.7. The second-order valence-corrected chi connectivity index (χ2v) is 6.63. The summed E-state index contributed by atoms with van der Waals surface area (Å²) < 4.78 is 13.1. The van der Waals surface area contributed by atoms with Gasteiger partial charge in [0.15, 0.2) is 0 Å². The minimum Gasteiger partial charge on any atom is -0.352 e. The van der Waals surface area contributed by atoms with Gasteiger partial charge in [-0.1, -0.05) is 24.3 Å². The first-order valence-electron chi connectivity index (χ1n) is 9.01. The van der Waals surface area contributed by atoms with Gasteiger partial charge in [0.05, 0.1) is 6.42 Å². The maximum Gasteiger partial charge on any atom is 0.253 e. The number of hydrogen-bond acceptors (Lipinski definition) is 2. The van der Waals surface area contributed by atoms with Gasteiger partial charge in [-0.25, -0.2) is 4.39 Å². The third-order valence-electron chi connectivity index (χ3n) is 4.59. The van der Waals surface area contributed by atoms with Gasteiger partial charge in [-0.05, 0) is 54.7 Å². The predicted molar refractivity (Wildman–Crippen MR) is 98.1 cm³/mol. The fourth-order valence-corrected chi connectivity index (χ4v) is 3.14. The monoisotopic (exact) mass is 354 g/mol. The first kappa shape index (κ1) is 18.1. The zero-order chi connectivity index (χ0) is 18.4. The number of nitrogens with zero attached hydrogens (tertiary/aromatic N) is 1. The number of halogens is 1. The van der Waals surface area contributed by atoms with Gasteiger partial charge >= 0.3 is 0 Å². The summed E-state index contributed by atoms with van der Waals surface area (Å²) in [5.41, 5.74) is 2.25. The van der Waals surface area contributed by atoms with Crippen LogP contribution in [0, 0.1) is 5.82 Å². The van der Waals surface area contributed by atoms with Gasteiger partial charge in [-0.3, -0.25) is 9.59 Å². The van der Waals surface area contributed by atoms with Crippen LogP contribution >= 0.6 is 0 Å². The van der Waals surface area contributed by atoms with Gasteiger partial charge in [0.25, 0.3) is 5.91 Å². The number of nitrogens with one attached hydrogen (secondary N) is 1. The minimum atomic E-state index is -0.343. The molecule has 1 heterocycles. The van der Waals surface area contributed by atoms with Crippen LogP contribution in [0.4, 0.5) is 4.39 Å². The van der Waals surface area contributed by atoms with Crippen molar-refractivity contribution in [3.05, 3.63) is 71.0 Å². The van der Waals surface area contributed by atoms with Gasteiger partial charge < -0.3 is 10.2 Å². The van der Waals surface area contributed by atoms with E-state index in [4.69, 9.17) is 0 Å². The predicted octanol–water partition coefficient (Wildman–Crippen LogP) is 3.31. The Morgan fingerprint density at radius 2 is 1.69 bits per heavy atom. The molecule has 5 heteroatoms. The van der Waals surface area contributed by atoms with E-state index in [9.17, 15) is 14.0 Å². The number of amides is 2. The molecule has 4 nitrogen and oxygen atoms in total. The lowest BCUT2D eigenvalue weighted by atomic mass is 10.1. The average molecular weight is 354 g/mol. The maximum atomic E-state index is 13.1. The standard InChI is InChI=1S/C21H23FN2O2/c22-19-6-4-5-17(13-19)14-20(25)23-15-16-7-9-18(10-8-16)21(26)24-11-2-1-3-12-24/h4-10,13H,1-3,11-12,14-15H2,(H,23,25). The molecule has 3 rings (SSSR count). The van der Waals surface area contributed by atoms with Crippen LogP contribution in [-0.4, -0.2) is 29.8 Å². The molecule has 1 N–H and O–H groups in total. The number of benzene rings is 2. The highest BCUT2D eigenvalue weighted by Crippen LogP contribution is 2.14. The fraction of sp³-hybridized carbons (Fsp3) is 0.333. The van der Waals surface area contributed by atoms with Crippen LogP contribution in [0.3, 0.4) is 0 Å². The molecular weight excluding hydrogens is 331 g/mol. The number of likely N-dealkylation sites (tertiary alicyclic amines) is 1. The van der Waals surface area contributed by atoms with E-state index < -0.39 is 0 Å². The van der Waals surface area contributed by atoms with Crippen molar-refractivity contribution in [3.63, 3.8) is 0 Å². The number of carbonyl (C=O) groups is 2. The summed E-state index contributed by atoms with van der Waals surface area (Å²) in [6.07, 6.45) is 3.48. The molecule has 0 aliphatic carbocycles. The lowest BCUT2D eigenvalue weighted by Crippen LogP contribution is -2.35. The van der Waals surface area contributed by atoms with E-state index in [1.807, 2.05) is 29.2 Å². The van der Waals surface area contributed by atoms with Gasteiger partial charge in [-0.2, -0.15) is 0 Å². The Labute approximate surface area is 153 Å². The number of carbonyl (C=O) groups excluding carboxylic acids is 2. The fourth-order valence-electron chi connectivity index (χ4n) is 3.14. The molecule has 0 radical (unpaired) electrons. The Bertz CT molecular complexity index is 768. The summed E-state index contributed by atoms with van der Waals surface area (Å²) in [5.74, 6) is -0.431. The highest BCUT2D eigenvalue weighted by molar-refractivity contribution is 5.94. The van der Waals surface area contributed by atoms with Gasteiger partial charge in [-0.15, -0.1) is 0 Å². The minimum absolute atomic E-state index is 0.0754. The lowest BCUT2D eigenvalue weighted by molar-refractivity contribution is -0.120. The number of hydrogen-bond donors (Lipinski definition) is 1. The molecule has 1 aliphatic rings. The molecule has 1 saturated heterocycles. The molecule has 2 aromatic carbocycles. The molecule has 2 aromatic rings. The van der Waals surface area contributed by atoms with E-state index in [0.29, 0.717) is 17.7 Å². The Kier molecular flexibility index (Phi) is 6.00. The summed E-state index contributed by atoms with van der Waals surface area (Å²) in [4.78, 5) is 26.3. The van der Waals surface area contributed by atoms with Crippen molar-refractivity contribution < 1.29 is 14.0 Å². The third kappa shape index (κ3) is 4.91. The lowest BCUT2D eigenvalue weighted by Gasteiger charge is -2.26. The summed E-state index contributed by atoms with van der Waals surface area (Å²) in [7, 11) is 0. The van der Waals surface area contributed by atoms with Crippen LogP contribution < -0.4 is 5.32 Å². The molecule has 0 aromatic heterocycles. The largest absolute Gasteiger partial charge is 0.352 e. The van der Waals surface area contributed by atoms with Crippen LogP contribution in [0.25, 0.3) is 0 Å². The SMILES string of the molecule is O=C(Cc1cccc(F)c1)NCc1ccc(C(=O)N2CCCCC2)cc1. The van der Waals surface area contributed by atoms with Gasteiger partial charge in [0, 0.05) is 25.2 Å². The van der Waals surface area contributed by atoms with E-state index in [2.05, 4.69) is 5.32 Å². The highest BCUT2D eigenvalue weighted by atomic mass is 19.1. The van der Waals surface area contributed by atoms with Crippen molar-refractivity contribution >= 4 is 11.8 Å². The van der Waals surface area contributed by atoms with Crippen LogP contribution in [-0.2, 0) is 17.8 Å². The highest BCUT2D eigenvalue weighted by Gasteiger charge is 2.17. The van der Waals surface area contributed by atoms with Crippen molar-refractivity contribution in [1.29, 1.82) is 0 Å². The second-order valence-electron chi connectivity index (χ2n) is 6.63. The van der Waals surface area contributed by atoms with Crippen molar-refractivity contribution in [1.82, 2.24) is 10.2 Å². The Balaban J connectivity index is 1.51. The molecular formula is C21H23FN2O2. The molecule has 0 unspecified atom stereocenters. The van der Waals surface area contributed by atoms with Crippen molar-refractivity contribution in [2.45, 2.75) is 32.2 Å². The van der Waals surface area contributed by atoms with E-state index in [1.165, 1.54) is 18.6 Å². The smallest absolute Gasteiger partial charge is 0.253 e. The number of rotatable bonds is 5. The topological polar surface area (TPSA) is 49.4 Å². The first-order chi connectivity index (χ1) is 12.6. The van der Waals surface area contributed by atoms with E-state index in [1.54, 1.807) is 12.1 Å². The average Bonchev–Trinajstić information content (AvgIpc) is 2.67. The molecule has 136 valence electrons. The van der Waals surface area contributed by atoms with Crippen molar-refractivity contribution in [3.8, 4) is 0 Å². The first-order valence-corrected chi connectivity index (χ1v) is 9.01. The molecule has 0 saturated carbocycles. The summed E-state index contributed by atoms with van der Waals surface area (Å²) in [5, 5.41) is 2.82. The molecule has 26 heavy (non-hydrogen) atoms. The van der Waals surface area contributed by atoms with Crippen LogP contribution in [0.5, 0.6) is 0 Å². The summed E-state index contributed by atoms with van der Waals surface area (Å²) in [6.45, 7) is 2.04. The Morgan fingerprint density at radius 3 is 2.38 bits per heavy atom. The molecule has 1 fully saturated rings. The number of piperidine rings is 1. The van der Waals surface area contributed by atoms with Crippen LogP contribution in [0.15, 0.2) is 48.5 Å². The van der Waals surface area contributed by atoms with Gasteiger partial charge in [0.1, 0.15) is 5.82 Å². The summed E-state index contributed by atoms with van der Waals surface area (Å²) in [6, 6.07) is 13.4. The van der Waals surface area contributed by atoms with Crippen molar-refractivity contribution in [2.24, 2.45) is 0 Å². The Hall–Kier alpha value is -2.69. The molecule has 0 spiro atoms. The van der Waals surface area contributed by atoms with E-state index in [0.717, 1.165) is 31.5 Å². The van der Waals surface area contributed by atoms with Gasteiger partial charge in [0.2, 0.25) is 5.91 Å². The second kappa shape index (κ2) is 8.61. The molecule has 0 atom stereocenters. The van der Waals surface area contributed by atoms with Crippen LogP contribution in [0.1, 0.15) is 40.7 Å². The summed E-state index contributed by atoms with van der Waals surface area (Å²) >= 11 is 0. The normalized spacial score (nSPS) is 14.1. The van der Waals surface area contributed by atoms with E-state index >= 15 is 0 Å².